The zero-order chi connectivity index (χ0) is 12.5. The summed E-state index contributed by atoms with van der Waals surface area (Å²) in [6.07, 6.45) is 0. The van der Waals surface area contributed by atoms with E-state index in [-0.39, 0.29) is 0 Å². The molecule has 0 spiro atoms. The van der Waals surface area contributed by atoms with E-state index in [1.165, 1.54) is 0 Å². The fourth-order valence-electron chi connectivity index (χ4n) is 1.54. The van der Waals surface area contributed by atoms with Crippen LogP contribution < -0.4 is 4.74 Å². The summed E-state index contributed by atoms with van der Waals surface area (Å²) in [5.74, 6) is -3.31. The van der Waals surface area contributed by atoms with Crippen molar-refractivity contribution >= 4 is 16.7 Å². The molecular formula is C13H12O4. The molecule has 2 rings (SSSR count). The third-order valence-corrected chi connectivity index (χ3v) is 2.46. The van der Waals surface area contributed by atoms with E-state index in [1.54, 1.807) is 12.1 Å². The summed E-state index contributed by atoms with van der Waals surface area (Å²) in [5, 5.41) is 20.1. The average molecular weight is 232 g/mol. The van der Waals surface area contributed by atoms with Crippen molar-refractivity contribution in [1.29, 1.82) is 0 Å². The third-order valence-electron chi connectivity index (χ3n) is 2.46. The molecule has 17 heavy (non-hydrogen) atoms. The number of rotatable bonds is 3. The van der Waals surface area contributed by atoms with Gasteiger partial charge in [-0.05, 0) is 11.5 Å². The predicted molar refractivity (Wildman–Crippen MR) is 62.8 cm³/mol. The molecule has 0 heterocycles. The standard InChI is InChI=1S/C13H12O4/c1-13(16,12(14)15)17-11-8-4-6-9-5-2-3-7-10(9)11/h2-8,16H,1H3,(H,14,15). The maximum absolute atomic E-state index is 10.8. The second-order valence-electron chi connectivity index (χ2n) is 3.87. The van der Waals surface area contributed by atoms with Crippen molar-refractivity contribution in [3.05, 3.63) is 42.5 Å². The highest BCUT2D eigenvalue weighted by Crippen LogP contribution is 2.27. The molecule has 0 aliphatic rings. The fourth-order valence-corrected chi connectivity index (χ4v) is 1.54. The first-order valence-electron chi connectivity index (χ1n) is 5.13. The van der Waals surface area contributed by atoms with E-state index in [1.807, 2.05) is 30.3 Å². The van der Waals surface area contributed by atoms with Crippen LogP contribution in [0.15, 0.2) is 42.5 Å². The van der Waals surface area contributed by atoms with Crippen LogP contribution in [0.5, 0.6) is 5.75 Å². The molecule has 88 valence electrons. The number of hydrogen-bond donors (Lipinski definition) is 2. The SMILES string of the molecule is CC(O)(Oc1cccc2ccccc12)C(=O)O. The minimum absolute atomic E-state index is 0.343. The van der Waals surface area contributed by atoms with Crippen molar-refractivity contribution < 1.29 is 19.7 Å². The molecule has 2 aromatic rings. The summed E-state index contributed by atoms with van der Waals surface area (Å²) in [7, 11) is 0. The molecule has 0 aromatic heterocycles. The Kier molecular flexibility index (Phi) is 2.73. The lowest BCUT2D eigenvalue weighted by Gasteiger charge is -2.20. The van der Waals surface area contributed by atoms with Crippen LogP contribution in [0.2, 0.25) is 0 Å². The van der Waals surface area contributed by atoms with E-state index in [0.717, 1.165) is 17.7 Å². The number of ether oxygens (including phenoxy) is 1. The molecule has 4 heteroatoms. The van der Waals surface area contributed by atoms with Crippen LogP contribution in [0, 0.1) is 0 Å². The number of aliphatic hydroxyl groups is 1. The van der Waals surface area contributed by atoms with Gasteiger partial charge >= 0.3 is 11.8 Å². The average Bonchev–Trinajstić information content (AvgIpc) is 2.29. The van der Waals surface area contributed by atoms with Gasteiger partial charge in [0.15, 0.2) is 0 Å². The Morgan fingerprint density at radius 1 is 1.18 bits per heavy atom. The molecule has 1 atom stereocenters. The van der Waals surface area contributed by atoms with Gasteiger partial charge in [0, 0.05) is 12.3 Å². The molecule has 0 bridgehead atoms. The summed E-state index contributed by atoms with van der Waals surface area (Å²) in [6, 6.07) is 12.7. The largest absolute Gasteiger partial charge is 0.476 e. The van der Waals surface area contributed by atoms with Crippen LogP contribution in [-0.4, -0.2) is 22.0 Å². The quantitative estimate of drug-likeness (QED) is 0.794. The Bertz CT molecular complexity index is 555. The van der Waals surface area contributed by atoms with Crippen molar-refractivity contribution in [2.45, 2.75) is 12.7 Å². The van der Waals surface area contributed by atoms with Crippen LogP contribution in [0.25, 0.3) is 10.8 Å². The molecule has 0 amide bonds. The van der Waals surface area contributed by atoms with Crippen molar-refractivity contribution in [2.75, 3.05) is 0 Å². The maximum Gasteiger partial charge on any atom is 0.376 e. The van der Waals surface area contributed by atoms with Crippen LogP contribution in [-0.2, 0) is 4.79 Å². The van der Waals surface area contributed by atoms with E-state index >= 15 is 0 Å². The lowest BCUT2D eigenvalue weighted by molar-refractivity contribution is -0.188. The third kappa shape index (κ3) is 2.21. The van der Waals surface area contributed by atoms with Crippen molar-refractivity contribution in [3.63, 3.8) is 0 Å². The van der Waals surface area contributed by atoms with Gasteiger partial charge in [0.1, 0.15) is 5.75 Å². The smallest absolute Gasteiger partial charge is 0.376 e. The first kappa shape index (κ1) is 11.4. The molecule has 4 nitrogen and oxygen atoms in total. The molecule has 2 aromatic carbocycles. The number of carbonyl (C=O) groups is 1. The van der Waals surface area contributed by atoms with Crippen LogP contribution in [0.4, 0.5) is 0 Å². The number of benzene rings is 2. The van der Waals surface area contributed by atoms with Crippen LogP contribution in [0.3, 0.4) is 0 Å². The van der Waals surface area contributed by atoms with Gasteiger partial charge in [-0.1, -0.05) is 36.4 Å². The van der Waals surface area contributed by atoms with Gasteiger partial charge in [-0.3, -0.25) is 0 Å². The van der Waals surface area contributed by atoms with Crippen LogP contribution in [0.1, 0.15) is 6.92 Å². The molecule has 0 saturated carbocycles. The molecule has 0 radical (unpaired) electrons. The zero-order valence-corrected chi connectivity index (χ0v) is 9.25. The highest BCUT2D eigenvalue weighted by Gasteiger charge is 2.32. The summed E-state index contributed by atoms with van der Waals surface area (Å²) in [5.41, 5.74) is 0. The topological polar surface area (TPSA) is 66.8 Å². The summed E-state index contributed by atoms with van der Waals surface area (Å²) >= 11 is 0. The molecule has 0 fully saturated rings. The fraction of sp³-hybridized carbons (Fsp3) is 0.154. The lowest BCUT2D eigenvalue weighted by Crippen LogP contribution is -2.41. The van der Waals surface area contributed by atoms with E-state index in [4.69, 9.17) is 9.84 Å². The van der Waals surface area contributed by atoms with Gasteiger partial charge in [0.25, 0.3) is 0 Å². The zero-order valence-electron chi connectivity index (χ0n) is 9.25. The summed E-state index contributed by atoms with van der Waals surface area (Å²) < 4.78 is 5.13. The summed E-state index contributed by atoms with van der Waals surface area (Å²) in [6.45, 7) is 1.09. The Morgan fingerprint density at radius 2 is 1.82 bits per heavy atom. The Balaban J connectivity index is 2.46. The molecular weight excluding hydrogens is 220 g/mol. The van der Waals surface area contributed by atoms with Crippen molar-refractivity contribution in [3.8, 4) is 5.75 Å². The van der Waals surface area contributed by atoms with Gasteiger partial charge in [-0.2, -0.15) is 0 Å². The van der Waals surface area contributed by atoms with Crippen molar-refractivity contribution in [2.24, 2.45) is 0 Å². The molecule has 0 aliphatic carbocycles. The monoisotopic (exact) mass is 232 g/mol. The predicted octanol–water partition coefficient (Wildman–Crippen LogP) is 2.01. The number of hydrogen-bond acceptors (Lipinski definition) is 3. The van der Waals surface area contributed by atoms with Crippen molar-refractivity contribution in [1.82, 2.24) is 0 Å². The minimum Gasteiger partial charge on any atom is -0.476 e. The number of carboxylic acid groups (broad SMARTS) is 1. The normalized spacial score (nSPS) is 14.2. The molecule has 2 N–H and O–H groups in total. The lowest BCUT2D eigenvalue weighted by atomic mass is 10.1. The second kappa shape index (κ2) is 4.07. The minimum atomic E-state index is -2.23. The van der Waals surface area contributed by atoms with E-state index < -0.39 is 11.8 Å². The maximum atomic E-state index is 10.8. The Morgan fingerprint density at radius 3 is 2.53 bits per heavy atom. The van der Waals surface area contributed by atoms with E-state index in [0.29, 0.717) is 5.75 Å². The molecule has 0 aliphatic heterocycles. The molecule has 1 unspecified atom stereocenters. The summed E-state index contributed by atoms with van der Waals surface area (Å²) in [4.78, 5) is 10.8. The van der Waals surface area contributed by atoms with E-state index in [9.17, 15) is 9.90 Å². The highest BCUT2D eigenvalue weighted by molar-refractivity contribution is 5.88. The van der Waals surface area contributed by atoms with Gasteiger partial charge in [0.2, 0.25) is 0 Å². The van der Waals surface area contributed by atoms with Crippen LogP contribution >= 0.6 is 0 Å². The molecule has 0 saturated heterocycles. The number of carboxylic acids is 1. The Labute approximate surface area is 98.1 Å². The first-order valence-corrected chi connectivity index (χ1v) is 5.13. The second-order valence-corrected chi connectivity index (χ2v) is 3.87. The van der Waals surface area contributed by atoms with Gasteiger partial charge in [-0.25, -0.2) is 4.79 Å². The first-order chi connectivity index (χ1) is 8.00. The number of fused-ring (bicyclic) bond motifs is 1. The number of aliphatic carboxylic acids is 1. The van der Waals surface area contributed by atoms with Gasteiger partial charge in [-0.15, -0.1) is 0 Å². The van der Waals surface area contributed by atoms with Gasteiger partial charge < -0.3 is 14.9 Å². The Hall–Kier alpha value is -2.07. The van der Waals surface area contributed by atoms with Gasteiger partial charge in [0.05, 0.1) is 0 Å². The highest BCUT2D eigenvalue weighted by atomic mass is 16.6. The van der Waals surface area contributed by atoms with E-state index in [2.05, 4.69) is 0 Å².